The van der Waals surface area contributed by atoms with Crippen molar-refractivity contribution < 1.29 is 28.2 Å². The monoisotopic (exact) mass is 210 g/mol. The van der Waals surface area contributed by atoms with Crippen LogP contribution in [0.25, 0.3) is 0 Å². The molecule has 0 aliphatic carbocycles. The van der Waals surface area contributed by atoms with E-state index in [0.29, 0.717) is 0 Å². The Balaban J connectivity index is 3.64. The third-order valence-electron chi connectivity index (χ3n) is 1.66. The summed E-state index contributed by atoms with van der Waals surface area (Å²) in [4.78, 5) is 20.5. The molecule has 0 aliphatic heterocycles. The Hall–Kier alpha value is -1.20. The maximum absolute atomic E-state index is 12.4. The highest BCUT2D eigenvalue weighted by Crippen LogP contribution is 2.21. The maximum atomic E-state index is 12.4. The fourth-order valence-corrected chi connectivity index (χ4v) is 0.825. The van der Waals surface area contributed by atoms with Gasteiger partial charge in [0.25, 0.3) is 0 Å². The summed E-state index contributed by atoms with van der Waals surface area (Å²) in [7, 11) is 1.20. The van der Waals surface area contributed by atoms with E-state index in [1.54, 1.807) is 0 Å². The summed E-state index contributed by atoms with van der Waals surface area (Å²) in [5.41, 5.74) is 0. The van der Waals surface area contributed by atoms with Crippen LogP contribution >= 0.6 is 0 Å². The summed E-state index contributed by atoms with van der Waals surface area (Å²) in [6.45, 7) is 0. The Labute approximate surface area is 79.9 Å². The Morgan fingerprint density at radius 3 is 2.36 bits per heavy atom. The number of rotatable bonds is 6. The number of hydrogen-bond acceptors (Lipinski definition) is 3. The molecule has 0 rings (SSSR count). The number of halogens is 2. The molecule has 0 heterocycles. The van der Waals surface area contributed by atoms with E-state index in [-0.39, 0.29) is 19.3 Å². The highest BCUT2D eigenvalue weighted by Gasteiger charge is 2.37. The zero-order valence-corrected chi connectivity index (χ0v) is 7.76. The number of alkyl halides is 2. The van der Waals surface area contributed by atoms with Gasteiger partial charge in [0.2, 0.25) is 0 Å². The molecule has 0 saturated carbocycles. The first kappa shape index (κ1) is 12.8. The molecule has 0 unspecified atom stereocenters. The third kappa shape index (κ3) is 4.74. The lowest BCUT2D eigenvalue weighted by Crippen LogP contribution is -2.27. The van der Waals surface area contributed by atoms with Gasteiger partial charge in [-0.1, -0.05) is 0 Å². The summed E-state index contributed by atoms with van der Waals surface area (Å²) >= 11 is 0. The highest BCUT2D eigenvalue weighted by atomic mass is 19.3. The average molecular weight is 210 g/mol. The maximum Gasteiger partial charge on any atom is 0.374 e. The minimum atomic E-state index is -3.70. The Bertz CT molecular complexity index is 215. The van der Waals surface area contributed by atoms with Crippen LogP contribution < -0.4 is 0 Å². The lowest BCUT2D eigenvalue weighted by molar-refractivity contribution is -0.165. The molecule has 0 aromatic rings. The molecule has 0 atom stereocenters. The summed E-state index contributed by atoms with van der Waals surface area (Å²) in [5, 5.41) is 8.05. The van der Waals surface area contributed by atoms with Gasteiger partial charge in [-0.2, -0.15) is 8.78 Å². The van der Waals surface area contributed by atoms with Crippen molar-refractivity contribution in [3.05, 3.63) is 0 Å². The smallest absolute Gasteiger partial charge is 0.374 e. The molecule has 0 radical (unpaired) electrons. The summed E-state index contributed by atoms with van der Waals surface area (Å²) in [5.74, 6) is -6.31. The first-order valence-electron chi connectivity index (χ1n) is 4.08. The molecule has 6 heteroatoms. The molecule has 1 N–H and O–H groups in total. The number of ether oxygens (including phenoxy) is 1. The van der Waals surface area contributed by atoms with Crippen molar-refractivity contribution in [2.75, 3.05) is 7.11 Å². The van der Waals surface area contributed by atoms with Crippen LogP contribution in [0.1, 0.15) is 25.7 Å². The average Bonchev–Trinajstić information content (AvgIpc) is 2.11. The number of carboxylic acid groups (broad SMARTS) is 1. The molecular weight excluding hydrogens is 198 g/mol. The van der Waals surface area contributed by atoms with E-state index < -0.39 is 24.3 Å². The molecule has 0 spiro atoms. The van der Waals surface area contributed by atoms with Crippen LogP contribution in [0.5, 0.6) is 0 Å². The Morgan fingerprint density at radius 1 is 1.36 bits per heavy atom. The largest absolute Gasteiger partial charge is 0.477 e. The fourth-order valence-electron chi connectivity index (χ4n) is 0.825. The number of unbranched alkanes of at least 4 members (excludes halogenated alkanes) is 1. The molecule has 0 aromatic heterocycles. The third-order valence-corrected chi connectivity index (χ3v) is 1.66. The quantitative estimate of drug-likeness (QED) is 0.532. The molecule has 4 nitrogen and oxygen atoms in total. The second-order valence-corrected chi connectivity index (χ2v) is 2.79. The molecule has 0 aliphatic rings. The second kappa shape index (κ2) is 5.51. The van der Waals surface area contributed by atoms with Gasteiger partial charge in [-0.15, -0.1) is 0 Å². The van der Waals surface area contributed by atoms with Crippen LogP contribution in [-0.4, -0.2) is 30.1 Å². The minimum Gasteiger partial charge on any atom is -0.477 e. The van der Waals surface area contributed by atoms with Crippen molar-refractivity contribution in [1.29, 1.82) is 0 Å². The van der Waals surface area contributed by atoms with E-state index in [1.807, 2.05) is 0 Å². The van der Waals surface area contributed by atoms with Crippen LogP contribution in [0.4, 0.5) is 8.78 Å². The normalized spacial score (nSPS) is 11.1. The molecular formula is C8H12F2O4. The van der Waals surface area contributed by atoms with Crippen molar-refractivity contribution in [1.82, 2.24) is 0 Å². The topological polar surface area (TPSA) is 63.6 Å². The van der Waals surface area contributed by atoms with E-state index in [2.05, 4.69) is 4.74 Å². The van der Waals surface area contributed by atoms with E-state index in [1.165, 1.54) is 7.11 Å². The number of carboxylic acids is 1. The van der Waals surface area contributed by atoms with Gasteiger partial charge in [-0.3, -0.25) is 4.79 Å². The van der Waals surface area contributed by atoms with Crippen molar-refractivity contribution in [3.8, 4) is 0 Å². The van der Waals surface area contributed by atoms with Gasteiger partial charge in [-0.05, 0) is 12.8 Å². The van der Waals surface area contributed by atoms with Crippen LogP contribution in [-0.2, 0) is 14.3 Å². The van der Waals surface area contributed by atoms with Crippen LogP contribution in [0.3, 0.4) is 0 Å². The zero-order chi connectivity index (χ0) is 11.2. The van der Waals surface area contributed by atoms with Crippen molar-refractivity contribution in [3.63, 3.8) is 0 Å². The van der Waals surface area contributed by atoms with Crippen LogP contribution in [0.15, 0.2) is 0 Å². The Kier molecular flexibility index (Phi) is 5.04. The molecule has 0 saturated heterocycles. The number of esters is 1. The van der Waals surface area contributed by atoms with Gasteiger partial charge in [0.15, 0.2) is 0 Å². The number of hydrogen-bond donors (Lipinski definition) is 1. The number of carbonyl (C=O) groups excluding carboxylic acids is 1. The molecule has 0 bridgehead atoms. The number of carbonyl (C=O) groups is 2. The predicted molar refractivity (Wildman–Crippen MR) is 43.1 cm³/mol. The first-order chi connectivity index (χ1) is 6.40. The summed E-state index contributed by atoms with van der Waals surface area (Å²) in [6.07, 6.45) is -0.532. The molecule has 0 amide bonds. The van der Waals surface area contributed by atoms with Gasteiger partial charge in [0, 0.05) is 12.8 Å². The number of aliphatic carboxylic acids is 1. The lowest BCUT2D eigenvalue weighted by atomic mass is 10.1. The van der Waals surface area contributed by atoms with Gasteiger partial charge < -0.3 is 9.84 Å². The van der Waals surface area contributed by atoms with E-state index in [0.717, 1.165) is 0 Å². The van der Waals surface area contributed by atoms with Gasteiger partial charge in [-0.25, -0.2) is 4.79 Å². The zero-order valence-electron chi connectivity index (χ0n) is 7.76. The number of methoxy groups -OCH3 is 1. The fraction of sp³-hybridized carbons (Fsp3) is 0.750. The van der Waals surface area contributed by atoms with Gasteiger partial charge in [0.1, 0.15) is 0 Å². The minimum absolute atomic E-state index is 0.0194. The predicted octanol–water partition coefficient (Wildman–Crippen LogP) is 1.44. The van der Waals surface area contributed by atoms with Crippen molar-refractivity contribution >= 4 is 11.9 Å². The van der Waals surface area contributed by atoms with E-state index in [9.17, 15) is 18.4 Å². The van der Waals surface area contributed by atoms with Crippen LogP contribution in [0, 0.1) is 0 Å². The van der Waals surface area contributed by atoms with E-state index >= 15 is 0 Å². The SMILES string of the molecule is COC(=O)CCCCC(F)(F)C(=O)O. The molecule has 14 heavy (non-hydrogen) atoms. The summed E-state index contributed by atoms with van der Waals surface area (Å²) in [6, 6.07) is 0. The summed E-state index contributed by atoms with van der Waals surface area (Å²) < 4.78 is 29.2. The second-order valence-electron chi connectivity index (χ2n) is 2.79. The van der Waals surface area contributed by atoms with Crippen molar-refractivity contribution in [2.45, 2.75) is 31.6 Å². The Morgan fingerprint density at radius 2 is 1.93 bits per heavy atom. The molecule has 0 aromatic carbocycles. The lowest BCUT2D eigenvalue weighted by Gasteiger charge is -2.09. The van der Waals surface area contributed by atoms with Gasteiger partial charge in [0.05, 0.1) is 7.11 Å². The van der Waals surface area contributed by atoms with E-state index in [4.69, 9.17) is 5.11 Å². The van der Waals surface area contributed by atoms with Crippen LogP contribution in [0.2, 0.25) is 0 Å². The first-order valence-corrected chi connectivity index (χ1v) is 4.08. The van der Waals surface area contributed by atoms with Gasteiger partial charge >= 0.3 is 17.9 Å². The standard InChI is InChI=1S/C8H12F2O4/c1-14-6(11)4-2-3-5-8(9,10)7(12)13/h2-5H2,1H3,(H,12,13). The van der Waals surface area contributed by atoms with Crippen molar-refractivity contribution in [2.24, 2.45) is 0 Å². The highest BCUT2D eigenvalue weighted by molar-refractivity contribution is 5.75. The molecule has 82 valence electrons. The molecule has 0 fully saturated rings.